The van der Waals surface area contributed by atoms with E-state index in [0.29, 0.717) is 12.1 Å². The molecular weight excluding hydrogens is 282 g/mol. The first-order chi connectivity index (χ1) is 10.4. The molecule has 2 aliphatic rings. The first-order valence-corrected chi connectivity index (χ1v) is 8.11. The lowest BCUT2D eigenvalue weighted by molar-refractivity contribution is -0.00699. The molecule has 1 aliphatic heterocycles. The molecule has 0 unspecified atom stereocenters. The summed E-state index contributed by atoms with van der Waals surface area (Å²) in [5.41, 5.74) is 2.12. The number of rotatable bonds is 2. The minimum Gasteiger partial charge on any atom is -0.393 e. The molecule has 1 saturated carbocycles. The number of nitrogens with zero attached hydrogens (tertiary/aromatic N) is 1. The van der Waals surface area contributed by atoms with Crippen LogP contribution in [0.15, 0.2) is 0 Å². The lowest BCUT2D eigenvalue weighted by atomic mass is 9.81. The number of carbonyl (C=O) groups is 1. The Hall–Kier alpha value is -1.40. The van der Waals surface area contributed by atoms with Crippen LogP contribution in [0.25, 0.3) is 0 Å². The Balaban J connectivity index is 1.76. The Labute approximate surface area is 130 Å². The highest BCUT2D eigenvalue weighted by Gasteiger charge is 2.35. The third-order valence-electron chi connectivity index (χ3n) is 4.92. The standard InChI is InChI=1S/C16H25N3O3/c1-9-8-12-13(10(2)22-9)18-19-14(12)15(21)17-16(3)6-4-11(20)5-7-16/h9-11,20H,4-8H2,1-3H3,(H,17,21)(H,18,19)/t9-,10+,11?,16?/m1/s1. The molecule has 1 aromatic rings. The highest BCUT2D eigenvalue weighted by molar-refractivity contribution is 5.94. The van der Waals surface area contributed by atoms with Gasteiger partial charge in [-0.3, -0.25) is 9.89 Å². The van der Waals surface area contributed by atoms with Crippen LogP contribution in [-0.2, 0) is 11.2 Å². The van der Waals surface area contributed by atoms with E-state index in [1.54, 1.807) is 0 Å². The molecule has 6 heteroatoms. The van der Waals surface area contributed by atoms with E-state index in [1.807, 2.05) is 20.8 Å². The van der Waals surface area contributed by atoms with Crippen LogP contribution in [0.5, 0.6) is 0 Å². The van der Waals surface area contributed by atoms with Crippen LogP contribution in [0.3, 0.4) is 0 Å². The number of aromatic amines is 1. The molecular formula is C16H25N3O3. The Kier molecular flexibility index (Phi) is 3.99. The summed E-state index contributed by atoms with van der Waals surface area (Å²) in [5.74, 6) is -0.127. The molecule has 0 aromatic carbocycles. The van der Waals surface area contributed by atoms with E-state index < -0.39 is 0 Å². The fraction of sp³-hybridized carbons (Fsp3) is 0.750. The van der Waals surface area contributed by atoms with Gasteiger partial charge < -0.3 is 15.2 Å². The van der Waals surface area contributed by atoms with E-state index in [0.717, 1.165) is 36.9 Å². The third kappa shape index (κ3) is 2.90. The number of hydrogen-bond donors (Lipinski definition) is 3. The molecule has 1 aromatic heterocycles. The highest BCUT2D eigenvalue weighted by atomic mass is 16.5. The van der Waals surface area contributed by atoms with Gasteiger partial charge in [0.1, 0.15) is 0 Å². The van der Waals surface area contributed by atoms with Gasteiger partial charge in [0, 0.05) is 17.5 Å². The molecule has 1 aliphatic carbocycles. The third-order valence-corrected chi connectivity index (χ3v) is 4.92. The fourth-order valence-corrected chi connectivity index (χ4v) is 3.56. The monoisotopic (exact) mass is 307 g/mol. The van der Waals surface area contributed by atoms with Gasteiger partial charge in [-0.1, -0.05) is 0 Å². The molecule has 6 nitrogen and oxygen atoms in total. The van der Waals surface area contributed by atoms with Gasteiger partial charge in [0.15, 0.2) is 5.69 Å². The zero-order chi connectivity index (χ0) is 15.9. The average Bonchev–Trinajstić information content (AvgIpc) is 2.86. The number of aromatic nitrogens is 2. The van der Waals surface area contributed by atoms with Gasteiger partial charge in [-0.05, 0) is 46.5 Å². The number of aliphatic hydroxyl groups is 1. The van der Waals surface area contributed by atoms with E-state index in [-0.39, 0.29) is 29.8 Å². The summed E-state index contributed by atoms with van der Waals surface area (Å²) in [4.78, 5) is 12.6. The van der Waals surface area contributed by atoms with Crippen LogP contribution in [0.2, 0.25) is 0 Å². The summed E-state index contributed by atoms with van der Waals surface area (Å²) in [6, 6.07) is 0. The van der Waals surface area contributed by atoms with Gasteiger partial charge in [0.05, 0.1) is 24.0 Å². The van der Waals surface area contributed by atoms with Crippen LogP contribution in [0.1, 0.15) is 74.3 Å². The Morgan fingerprint density at radius 1 is 1.41 bits per heavy atom. The van der Waals surface area contributed by atoms with Crippen molar-refractivity contribution >= 4 is 5.91 Å². The molecule has 0 bridgehead atoms. The molecule has 1 fully saturated rings. The normalized spacial score (nSPS) is 35.0. The number of aliphatic hydroxyl groups excluding tert-OH is 1. The van der Waals surface area contributed by atoms with Gasteiger partial charge in [-0.15, -0.1) is 0 Å². The largest absolute Gasteiger partial charge is 0.393 e. The van der Waals surface area contributed by atoms with Crippen molar-refractivity contribution in [3.63, 3.8) is 0 Å². The first-order valence-electron chi connectivity index (χ1n) is 8.11. The summed E-state index contributed by atoms with van der Waals surface area (Å²) in [6.07, 6.45) is 3.55. The summed E-state index contributed by atoms with van der Waals surface area (Å²) in [5, 5.41) is 19.9. The molecule has 1 amide bonds. The Bertz CT molecular complexity index is 561. The van der Waals surface area contributed by atoms with Gasteiger partial charge in [0.2, 0.25) is 0 Å². The lowest BCUT2D eigenvalue weighted by Crippen LogP contribution is -2.49. The van der Waals surface area contributed by atoms with Gasteiger partial charge in [-0.2, -0.15) is 5.10 Å². The number of nitrogens with one attached hydrogen (secondary N) is 2. The second kappa shape index (κ2) is 5.66. The molecule has 0 spiro atoms. The van der Waals surface area contributed by atoms with Crippen LogP contribution >= 0.6 is 0 Å². The maximum absolute atomic E-state index is 12.6. The zero-order valence-corrected chi connectivity index (χ0v) is 13.5. The van der Waals surface area contributed by atoms with Crippen molar-refractivity contribution in [3.05, 3.63) is 17.0 Å². The highest BCUT2D eigenvalue weighted by Crippen LogP contribution is 2.32. The second-order valence-corrected chi connectivity index (χ2v) is 7.00. The summed E-state index contributed by atoms with van der Waals surface area (Å²) >= 11 is 0. The van der Waals surface area contributed by atoms with Crippen molar-refractivity contribution in [1.82, 2.24) is 15.5 Å². The van der Waals surface area contributed by atoms with Gasteiger partial charge in [0.25, 0.3) is 5.91 Å². The fourth-order valence-electron chi connectivity index (χ4n) is 3.56. The van der Waals surface area contributed by atoms with Crippen LogP contribution < -0.4 is 5.32 Å². The lowest BCUT2D eigenvalue weighted by Gasteiger charge is -2.36. The molecule has 3 rings (SSSR count). The smallest absolute Gasteiger partial charge is 0.272 e. The van der Waals surface area contributed by atoms with Crippen molar-refractivity contribution in [2.24, 2.45) is 0 Å². The maximum atomic E-state index is 12.6. The predicted molar refractivity (Wildman–Crippen MR) is 81.6 cm³/mol. The van der Waals surface area contributed by atoms with E-state index in [4.69, 9.17) is 4.74 Å². The number of fused-ring (bicyclic) bond motifs is 1. The van der Waals surface area contributed by atoms with Crippen molar-refractivity contribution in [3.8, 4) is 0 Å². The Morgan fingerprint density at radius 3 is 2.77 bits per heavy atom. The number of carbonyl (C=O) groups excluding carboxylic acids is 1. The van der Waals surface area contributed by atoms with Crippen molar-refractivity contribution in [1.29, 1.82) is 0 Å². The zero-order valence-electron chi connectivity index (χ0n) is 13.5. The van der Waals surface area contributed by atoms with Crippen molar-refractivity contribution < 1.29 is 14.6 Å². The summed E-state index contributed by atoms with van der Waals surface area (Å²) in [7, 11) is 0. The maximum Gasteiger partial charge on any atom is 0.272 e. The topological polar surface area (TPSA) is 87.2 Å². The van der Waals surface area contributed by atoms with Crippen molar-refractivity contribution in [2.75, 3.05) is 0 Å². The SMILES string of the molecule is C[C@@H]1Cc2c(C(=O)NC3(C)CCC(O)CC3)n[nH]c2[C@H](C)O1. The average molecular weight is 307 g/mol. The van der Waals surface area contributed by atoms with Crippen LogP contribution in [0.4, 0.5) is 0 Å². The molecule has 3 N–H and O–H groups in total. The van der Waals surface area contributed by atoms with Gasteiger partial charge in [-0.25, -0.2) is 0 Å². The minimum absolute atomic E-state index is 0.0618. The number of H-pyrrole nitrogens is 1. The first kappa shape index (κ1) is 15.5. The van der Waals surface area contributed by atoms with Gasteiger partial charge >= 0.3 is 0 Å². The quantitative estimate of drug-likeness (QED) is 0.778. The number of amides is 1. The molecule has 0 saturated heterocycles. The number of hydrogen-bond acceptors (Lipinski definition) is 4. The van der Waals surface area contributed by atoms with E-state index in [9.17, 15) is 9.90 Å². The van der Waals surface area contributed by atoms with Crippen molar-refractivity contribution in [2.45, 2.75) is 76.7 Å². The molecule has 122 valence electrons. The van der Waals surface area contributed by atoms with Crippen LogP contribution in [0, 0.1) is 0 Å². The van der Waals surface area contributed by atoms with Crippen LogP contribution in [-0.4, -0.2) is 39.0 Å². The molecule has 2 atom stereocenters. The molecule has 2 heterocycles. The molecule has 0 radical (unpaired) electrons. The number of ether oxygens (including phenoxy) is 1. The summed E-state index contributed by atoms with van der Waals surface area (Å²) < 4.78 is 5.76. The second-order valence-electron chi connectivity index (χ2n) is 7.00. The minimum atomic E-state index is -0.259. The summed E-state index contributed by atoms with van der Waals surface area (Å²) in [6.45, 7) is 6.03. The van der Waals surface area contributed by atoms with E-state index >= 15 is 0 Å². The van der Waals surface area contributed by atoms with E-state index in [2.05, 4.69) is 15.5 Å². The predicted octanol–water partition coefficient (Wildman–Crippen LogP) is 1.86. The molecule has 22 heavy (non-hydrogen) atoms. The van der Waals surface area contributed by atoms with E-state index in [1.165, 1.54) is 0 Å². The Morgan fingerprint density at radius 2 is 2.09 bits per heavy atom.